The Morgan fingerprint density at radius 2 is 2.10 bits per heavy atom. The maximum absolute atomic E-state index is 12.1. The molecule has 21 heavy (non-hydrogen) atoms. The first-order valence-electron chi connectivity index (χ1n) is 7.21. The molecule has 116 valence electrons. The van der Waals surface area contributed by atoms with Gasteiger partial charge >= 0.3 is 0 Å². The molecule has 1 saturated heterocycles. The molecule has 1 heterocycles. The van der Waals surface area contributed by atoms with Crippen molar-refractivity contribution < 1.29 is 9.53 Å². The quantitative estimate of drug-likeness (QED) is 0.854. The van der Waals surface area contributed by atoms with Gasteiger partial charge in [-0.05, 0) is 12.1 Å². The van der Waals surface area contributed by atoms with Gasteiger partial charge in [-0.2, -0.15) is 0 Å². The smallest absolute Gasteiger partial charge is 0.236 e. The highest BCUT2D eigenvalue weighted by molar-refractivity contribution is 6.32. The van der Waals surface area contributed by atoms with Gasteiger partial charge in [0, 0.05) is 33.2 Å². The Morgan fingerprint density at radius 3 is 2.81 bits per heavy atom. The molecule has 0 bridgehead atoms. The summed E-state index contributed by atoms with van der Waals surface area (Å²) in [5.41, 5.74) is 0. The molecule has 2 rings (SSSR count). The maximum Gasteiger partial charge on any atom is 0.236 e. The largest absolute Gasteiger partial charge is 0.490 e. The van der Waals surface area contributed by atoms with Crippen LogP contribution in [0.25, 0.3) is 0 Å². The average molecular weight is 312 g/mol. The van der Waals surface area contributed by atoms with Crippen molar-refractivity contribution in [3.63, 3.8) is 0 Å². The van der Waals surface area contributed by atoms with Crippen LogP contribution in [0.15, 0.2) is 24.3 Å². The van der Waals surface area contributed by atoms with Crippen LogP contribution in [0.1, 0.15) is 0 Å². The van der Waals surface area contributed by atoms with E-state index in [2.05, 4.69) is 10.2 Å². The Morgan fingerprint density at radius 1 is 1.38 bits per heavy atom. The minimum Gasteiger partial charge on any atom is -0.490 e. The van der Waals surface area contributed by atoms with Crippen LogP contribution in [0, 0.1) is 0 Å². The van der Waals surface area contributed by atoms with Gasteiger partial charge in [0.25, 0.3) is 0 Å². The molecule has 1 aliphatic heterocycles. The number of nitrogens with one attached hydrogen (secondary N) is 1. The first-order valence-corrected chi connectivity index (χ1v) is 7.59. The number of carbonyl (C=O) groups is 1. The van der Waals surface area contributed by atoms with E-state index in [0.29, 0.717) is 30.5 Å². The Bertz CT molecular complexity index is 464. The lowest BCUT2D eigenvalue weighted by Crippen LogP contribution is -2.48. The second-order valence-corrected chi connectivity index (χ2v) is 5.53. The summed E-state index contributed by atoms with van der Waals surface area (Å²) < 4.78 is 5.60. The third kappa shape index (κ3) is 5.19. The standard InChI is InChI=1S/C15H22ClN3O2/c1-18(15(20)12-19-8-6-17-7-9-19)10-11-21-14-5-3-2-4-13(14)16/h2-5,17H,6-12H2,1H3. The van der Waals surface area contributed by atoms with Crippen LogP contribution in [-0.4, -0.2) is 68.6 Å². The average Bonchev–Trinajstić information content (AvgIpc) is 2.50. The van der Waals surface area contributed by atoms with Crippen molar-refractivity contribution in [2.24, 2.45) is 0 Å². The number of hydrogen-bond acceptors (Lipinski definition) is 4. The number of halogens is 1. The highest BCUT2D eigenvalue weighted by Gasteiger charge is 2.16. The SMILES string of the molecule is CN(CCOc1ccccc1Cl)C(=O)CN1CCNCC1. The monoisotopic (exact) mass is 311 g/mol. The Balaban J connectivity index is 1.70. The first kappa shape index (κ1) is 16.1. The van der Waals surface area contributed by atoms with Crippen molar-refractivity contribution in [1.29, 1.82) is 0 Å². The molecule has 6 heteroatoms. The predicted octanol–water partition coefficient (Wildman–Crippen LogP) is 1.08. The Kier molecular flexibility index (Phi) is 6.29. The van der Waals surface area contributed by atoms with E-state index in [4.69, 9.17) is 16.3 Å². The first-order chi connectivity index (χ1) is 10.2. The Hall–Kier alpha value is -1.30. The van der Waals surface area contributed by atoms with Gasteiger partial charge in [0.2, 0.25) is 5.91 Å². The molecule has 1 amide bonds. The minimum atomic E-state index is 0.125. The number of hydrogen-bond donors (Lipinski definition) is 1. The molecule has 1 aliphatic rings. The molecular weight excluding hydrogens is 290 g/mol. The minimum absolute atomic E-state index is 0.125. The Labute approximate surface area is 130 Å². The topological polar surface area (TPSA) is 44.8 Å². The number of piperazine rings is 1. The fourth-order valence-corrected chi connectivity index (χ4v) is 2.35. The van der Waals surface area contributed by atoms with Crippen LogP contribution < -0.4 is 10.1 Å². The van der Waals surface area contributed by atoms with E-state index in [0.717, 1.165) is 26.2 Å². The number of rotatable bonds is 6. The molecule has 1 N–H and O–H groups in total. The van der Waals surface area contributed by atoms with E-state index >= 15 is 0 Å². The van der Waals surface area contributed by atoms with Gasteiger partial charge in [0.05, 0.1) is 18.1 Å². The zero-order valence-electron chi connectivity index (χ0n) is 12.3. The second kappa shape index (κ2) is 8.22. The molecular formula is C15H22ClN3O2. The third-order valence-corrected chi connectivity index (χ3v) is 3.83. The fraction of sp³-hybridized carbons (Fsp3) is 0.533. The van der Waals surface area contributed by atoms with Crippen LogP contribution in [-0.2, 0) is 4.79 Å². The van der Waals surface area contributed by atoms with Gasteiger partial charge in [-0.1, -0.05) is 23.7 Å². The fourth-order valence-electron chi connectivity index (χ4n) is 2.16. The lowest BCUT2D eigenvalue weighted by molar-refractivity contribution is -0.131. The van der Waals surface area contributed by atoms with Gasteiger partial charge in [0.1, 0.15) is 12.4 Å². The summed E-state index contributed by atoms with van der Waals surface area (Å²) in [5.74, 6) is 0.779. The summed E-state index contributed by atoms with van der Waals surface area (Å²) in [6, 6.07) is 7.35. The number of benzene rings is 1. The maximum atomic E-state index is 12.1. The van der Waals surface area contributed by atoms with E-state index in [9.17, 15) is 4.79 Å². The predicted molar refractivity (Wildman–Crippen MR) is 83.9 cm³/mol. The van der Waals surface area contributed by atoms with Crippen molar-refractivity contribution in [2.75, 3.05) is 52.9 Å². The summed E-state index contributed by atoms with van der Waals surface area (Å²) in [6.07, 6.45) is 0. The number of ether oxygens (including phenoxy) is 1. The molecule has 1 fully saturated rings. The molecule has 0 unspecified atom stereocenters. The highest BCUT2D eigenvalue weighted by atomic mass is 35.5. The summed E-state index contributed by atoms with van der Waals surface area (Å²) in [6.45, 7) is 5.22. The lowest BCUT2D eigenvalue weighted by Gasteiger charge is -2.28. The van der Waals surface area contributed by atoms with E-state index in [1.54, 1.807) is 18.0 Å². The zero-order valence-corrected chi connectivity index (χ0v) is 13.1. The van der Waals surface area contributed by atoms with E-state index in [-0.39, 0.29) is 5.91 Å². The van der Waals surface area contributed by atoms with Crippen LogP contribution in [0.2, 0.25) is 5.02 Å². The molecule has 1 aromatic rings. The van der Waals surface area contributed by atoms with Crippen LogP contribution in [0.4, 0.5) is 0 Å². The van der Waals surface area contributed by atoms with E-state index in [1.807, 2.05) is 18.2 Å². The van der Waals surface area contributed by atoms with Gasteiger partial charge in [-0.3, -0.25) is 9.69 Å². The molecule has 0 aromatic heterocycles. The molecule has 0 spiro atoms. The van der Waals surface area contributed by atoms with E-state index < -0.39 is 0 Å². The normalized spacial score (nSPS) is 15.7. The molecule has 5 nitrogen and oxygen atoms in total. The molecule has 0 saturated carbocycles. The number of likely N-dealkylation sites (N-methyl/N-ethyl adjacent to an activating group) is 1. The summed E-state index contributed by atoms with van der Waals surface area (Å²) in [5, 5.41) is 3.87. The van der Waals surface area contributed by atoms with Gasteiger partial charge in [-0.25, -0.2) is 0 Å². The number of amides is 1. The van der Waals surface area contributed by atoms with E-state index in [1.165, 1.54) is 0 Å². The molecule has 0 aliphatic carbocycles. The van der Waals surface area contributed by atoms with Crippen LogP contribution >= 0.6 is 11.6 Å². The lowest BCUT2D eigenvalue weighted by atomic mass is 10.3. The van der Waals surface area contributed by atoms with Crippen molar-refractivity contribution in [3.05, 3.63) is 29.3 Å². The number of para-hydroxylation sites is 1. The van der Waals surface area contributed by atoms with Crippen LogP contribution in [0.3, 0.4) is 0 Å². The summed E-state index contributed by atoms with van der Waals surface area (Å²) in [7, 11) is 1.81. The second-order valence-electron chi connectivity index (χ2n) is 5.12. The van der Waals surface area contributed by atoms with Crippen molar-refractivity contribution >= 4 is 17.5 Å². The third-order valence-electron chi connectivity index (χ3n) is 3.52. The summed E-state index contributed by atoms with van der Waals surface area (Å²) >= 11 is 6.01. The van der Waals surface area contributed by atoms with Gasteiger partial charge in [-0.15, -0.1) is 0 Å². The molecule has 0 atom stereocenters. The van der Waals surface area contributed by atoms with Crippen LogP contribution in [0.5, 0.6) is 5.75 Å². The summed E-state index contributed by atoms with van der Waals surface area (Å²) in [4.78, 5) is 16.0. The zero-order chi connectivity index (χ0) is 15.1. The number of nitrogens with zero attached hydrogens (tertiary/aromatic N) is 2. The number of carbonyl (C=O) groups excluding carboxylic acids is 1. The highest BCUT2D eigenvalue weighted by Crippen LogP contribution is 2.22. The van der Waals surface area contributed by atoms with Crippen molar-refractivity contribution in [3.8, 4) is 5.75 Å². The van der Waals surface area contributed by atoms with Crippen molar-refractivity contribution in [2.45, 2.75) is 0 Å². The molecule has 1 aromatic carbocycles. The van der Waals surface area contributed by atoms with Gasteiger partial charge < -0.3 is 15.0 Å². The van der Waals surface area contributed by atoms with Crippen molar-refractivity contribution in [1.82, 2.24) is 15.1 Å². The molecule has 0 radical (unpaired) electrons. The van der Waals surface area contributed by atoms with Gasteiger partial charge in [0.15, 0.2) is 0 Å².